The van der Waals surface area contributed by atoms with Crippen molar-refractivity contribution in [3.63, 3.8) is 0 Å². The predicted molar refractivity (Wildman–Crippen MR) is 152 cm³/mol. The summed E-state index contributed by atoms with van der Waals surface area (Å²) in [6.07, 6.45) is 0. The number of thioether (sulfide) groups is 1. The first-order valence-corrected chi connectivity index (χ1v) is 13.6. The van der Waals surface area contributed by atoms with Gasteiger partial charge in [-0.15, -0.1) is 10.2 Å². The minimum atomic E-state index is -0.415. The Labute approximate surface area is 236 Å². The van der Waals surface area contributed by atoms with Crippen LogP contribution in [-0.2, 0) is 20.9 Å². The minimum absolute atomic E-state index is 0.0703. The van der Waals surface area contributed by atoms with E-state index in [0.29, 0.717) is 34.6 Å². The molecule has 0 radical (unpaired) electrons. The number of para-hydroxylation sites is 1. The third-order valence-electron chi connectivity index (χ3n) is 5.53. The van der Waals surface area contributed by atoms with E-state index in [-0.39, 0.29) is 30.7 Å². The fourth-order valence-electron chi connectivity index (χ4n) is 3.66. The van der Waals surface area contributed by atoms with Crippen LogP contribution in [0.4, 0.5) is 5.69 Å². The van der Waals surface area contributed by atoms with Gasteiger partial charge in [0.05, 0.1) is 24.5 Å². The molecule has 0 saturated carbocycles. The number of benzene rings is 3. The van der Waals surface area contributed by atoms with Crippen LogP contribution < -0.4 is 15.4 Å². The number of aryl methyl sites for hydroxylation is 1. The number of carbonyl (C=O) groups excluding carboxylic acids is 3. The number of aromatic nitrogens is 3. The molecule has 11 heteroatoms. The molecule has 1 aromatic heterocycles. The molecular formula is C29H29N5O5S. The van der Waals surface area contributed by atoms with Crippen LogP contribution in [0.15, 0.2) is 84.0 Å². The third kappa shape index (κ3) is 7.93. The van der Waals surface area contributed by atoms with Gasteiger partial charge in [-0.1, -0.05) is 42.1 Å². The molecule has 0 saturated heterocycles. The average Bonchev–Trinajstić information content (AvgIpc) is 3.38. The molecule has 3 aromatic carbocycles. The van der Waals surface area contributed by atoms with Gasteiger partial charge < -0.3 is 20.1 Å². The second-order valence-electron chi connectivity index (χ2n) is 8.59. The Morgan fingerprint density at radius 2 is 1.70 bits per heavy atom. The lowest BCUT2D eigenvalue weighted by atomic mass is 10.2. The molecule has 0 atom stereocenters. The number of anilines is 1. The molecule has 0 fully saturated rings. The van der Waals surface area contributed by atoms with Crippen molar-refractivity contribution in [1.82, 2.24) is 20.1 Å². The molecule has 40 heavy (non-hydrogen) atoms. The summed E-state index contributed by atoms with van der Waals surface area (Å²) >= 11 is 1.22. The highest BCUT2D eigenvalue weighted by Gasteiger charge is 2.17. The zero-order valence-electron chi connectivity index (χ0n) is 22.1. The molecule has 0 bridgehead atoms. The van der Waals surface area contributed by atoms with Gasteiger partial charge in [-0.2, -0.15) is 0 Å². The van der Waals surface area contributed by atoms with Gasteiger partial charge in [-0.05, 0) is 67.9 Å². The first kappa shape index (κ1) is 28.4. The van der Waals surface area contributed by atoms with Gasteiger partial charge in [0, 0.05) is 11.4 Å². The Morgan fingerprint density at radius 1 is 0.925 bits per heavy atom. The number of rotatable bonds is 12. The first-order valence-electron chi connectivity index (χ1n) is 12.6. The molecular weight excluding hydrogens is 530 g/mol. The summed E-state index contributed by atoms with van der Waals surface area (Å²) in [6.45, 7) is 4.00. The van der Waals surface area contributed by atoms with Crippen LogP contribution in [0.2, 0.25) is 0 Å². The Morgan fingerprint density at radius 3 is 2.42 bits per heavy atom. The fourth-order valence-corrected chi connectivity index (χ4v) is 4.43. The third-order valence-corrected chi connectivity index (χ3v) is 6.46. The zero-order chi connectivity index (χ0) is 28.3. The van der Waals surface area contributed by atoms with E-state index < -0.39 is 5.97 Å². The van der Waals surface area contributed by atoms with Crippen LogP contribution >= 0.6 is 11.8 Å². The monoisotopic (exact) mass is 559 g/mol. The lowest BCUT2D eigenvalue weighted by molar-refractivity contribution is -0.123. The number of esters is 1. The Kier molecular flexibility index (Phi) is 9.89. The van der Waals surface area contributed by atoms with Crippen molar-refractivity contribution in [3.05, 3.63) is 95.8 Å². The summed E-state index contributed by atoms with van der Waals surface area (Å²) in [6, 6.07) is 23.4. The second-order valence-corrected chi connectivity index (χ2v) is 9.53. The molecule has 206 valence electrons. The van der Waals surface area contributed by atoms with Crippen molar-refractivity contribution in [3.8, 4) is 11.4 Å². The maximum Gasteiger partial charge on any atom is 0.338 e. The number of carbonyl (C=O) groups is 3. The fraction of sp³-hybridized carbons (Fsp3) is 0.207. The maximum atomic E-state index is 12.7. The van der Waals surface area contributed by atoms with Crippen LogP contribution in [0, 0.1) is 6.92 Å². The number of nitrogens with one attached hydrogen (secondary N) is 2. The lowest BCUT2D eigenvalue weighted by Crippen LogP contribution is -2.29. The topological polar surface area (TPSA) is 124 Å². The molecule has 0 aliphatic rings. The van der Waals surface area contributed by atoms with E-state index in [1.807, 2.05) is 54.0 Å². The molecule has 2 N–H and O–H groups in total. The minimum Gasteiger partial charge on any atom is -0.484 e. The highest BCUT2D eigenvalue weighted by molar-refractivity contribution is 7.99. The first-order chi connectivity index (χ1) is 19.4. The highest BCUT2D eigenvalue weighted by atomic mass is 32.2. The van der Waals surface area contributed by atoms with Gasteiger partial charge in [-0.25, -0.2) is 4.79 Å². The quantitative estimate of drug-likeness (QED) is 0.196. The van der Waals surface area contributed by atoms with E-state index >= 15 is 0 Å². The average molecular weight is 560 g/mol. The van der Waals surface area contributed by atoms with E-state index in [2.05, 4.69) is 20.8 Å². The standard InChI is InChI=1S/C29H29N5O5S/c1-3-38-28(37)21-12-14-22(15-13-21)31-27(36)19-40-29-33-32-25(34(29)23-9-7-8-20(2)16-23)17-30-26(35)18-39-24-10-5-4-6-11-24/h4-16H,3,17-19H2,1-2H3,(H,30,35)(H,31,36). The van der Waals surface area contributed by atoms with Crippen LogP contribution in [0.25, 0.3) is 5.69 Å². The van der Waals surface area contributed by atoms with Crippen LogP contribution in [0.5, 0.6) is 5.75 Å². The van der Waals surface area contributed by atoms with E-state index in [1.165, 1.54) is 11.8 Å². The number of amides is 2. The van der Waals surface area contributed by atoms with Gasteiger partial charge in [-0.3, -0.25) is 14.2 Å². The Balaban J connectivity index is 1.39. The van der Waals surface area contributed by atoms with Crippen LogP contribution in [0.3, 0.4) is 0 Å². The SMILES string of the molecule is CCOC(=O)c1ccc(NC(=O)CSc2nnc(CNC(=O)COc3ccccc3)n2-c2cccc(C)c2)cc1. The van der Waals surface area contributed by atoms with E-state index in [4.69, 9.17) is 9.47 Å². The van der Waals surface area contributed by atoms with Crippen molar-refractivity contribution in [2.45, 2.75) is 25.5 Å². The summed E-state index contributed by atoms with van der Waals surface area (Å²) in [5, 5.41) is 14.7. The van der Waals surface area contributed by atoms with Crippen molar-refractivity contribution in [2.24, 2.45) is 0 Å². The van der Waals surface area contributed by atoms with Crippen molar-refractivity contribution in [2.75, 3.05) is 24.3 Å². The molecule has 2 amide bonds. The normalized spacial score (nSPS) is 10.6. The molecule has 0 spiro atoms. The molecule has 0 aliphatic carbocycles. The van der Waals surface area contributed by atoms with Gasteiger partial charge in [0.2, 0.25) is 5.91 Å². The van der Waals surface area contributed by atoms with Crippen molar-refractivity contribution in [1.29, 1.82) is 0 Å². The predicted octanol–water partition coefficient (Wildman–Crippen LogP) is 4.18. The number of hydrogen-bond donors (Lipinski definition) is 2. The number of hydrogen-bond acceptors (Lipinski definition) is 8. The molecule has 4 aromatic rings. The molecule has 10 nitrogen and oxygen atoms in total. The summed E-state index contributed by atoms with van der Waals surface area (Å²) in [5.41, 5.74) is 2.82. The molecule has 4 rings (SSSR count). The summed E-state index contributed by atoms with van der Waals surface area (Å²) in [4.78, 5) is 36.9. The van der Waals surface area contributed by atoms with Crippen molar-refractivity contribution >= 4 is 35.2 Å². The van der Waals surface area contributed by atoms with Gasteiger partial charge >= 0.3 is 5.97 Å². The van der Waals surface area contributed by atoms with Gasteiger partial charge in [0.1, 0.15) is 5.75 Å². The second kappa shape index (κ2) is 13.9. The largest absolute Gasteiger partial charge is 0.484 e. The summed E-state index contributed by atoms with van der Waals surface area (Å²) in [5.74, 6) is 0.220. The van der Waals surface area contributed by atoms with E-state index in [1.54, 1.807) is 43.3 Å². The smallest absolute Gasteiger partial charge is 0.338 e. The number of ether oxygens (including phenoxy) is 2. The summed E-state index contributed by atoms with van der Waals surface area (Å²) < 4.78 is 12.3. The van der Waals surface area contributed by atoms with Crippen LogP contribution in [-0.4, -0.2) is 51.5 Å². The Hall–Kier alpha value is -4.64. The maximum absolute atomic E-state index is 12.7. The van der Waals surface area contributed by atoms with E-state index in [0.717, 1.165) is 11.3 Å². The van der Waals surface area contributed by atoms with Gasteiger partial charge in [0.25, 0.3) is 5.91 Å². The lowest BCUT2D eigenvalue weighted by Gasteiger charge is -2.12. The molecule has 1 heterocycles. The summed E-state index contributed by atoms with van der Waals surface area (Å²) in [7, 11) is 0. The number of nitrogens with zero attached hydrogens (tertiary/aromatic N) is 3. The molecule has 0 aliphatic heterocycles. The zero-order valence-corrected chi connectivity index (χ0v) is 22.9. The van der Waals surface area contributed by atoms with Crippen LogP contribution in [0.1, 0.15) is 28.7 Å². The Bertz CT molecular complexity index is 1460. The van der Waals surface area contributed by atoms with E-state index in [9.17, 15) is 14.4 Å². The molecule has 0 unspecified atom stereocenters. The highest BCUT2D eigenvalue weighted by Crippen LogP contribution is 2.23. The van der Waals surface area contributed by atoms with Crippen molar-refractivity contribution < 1.29 is 23.9 Å². The van der Waals surface area contributed by atoms with Gasteiger partial charge in [0.15, 0.2) is 17.6 Å².